The minimum atomic E-state index is -0.237. The van der Waals surface area contributed by atoms with E-state index in [1.54, 1.807) is 12.1 Å². The van der Waals surface area contributed by atoms with Crippen molar-refractivity contribution in [3.8, 4) is 11.5 Å². The lowest BCUT2D eigenvalue weighted by Gasteiger charge is -1.98. The predicted molar refractivity (Wildman–Crippen MR) is 64.1 cm³/mol. The van der Waals surface area contributed by atoms with Crippen LogP contribution >= 0.6 is 11.6 Å². The molecule has 6 heteroatoms. The zero-order valence-electron chi connectivity index (χ0n) is 9.47. The summed E-state index contributed by atoms with van der Waals surface area (Å²) in [5.74, 6) is 0.721. The lowest BCUT2D eigenvalue weighted by atomic mass is 10.1. The van der Waals surface area contributed by atoms with E-state index in [0.29, 0.717) is 28.9 Å². The van der Waals surface area contributed by atoms with Crippen LogP contribution in [0, 0.1) is 0 Å². The summed E-state index contributed by atoms with van der Waals surface area (Å²) in [5.41, 5.74) is 0.583. The molecule has 0 aromatic carbocycles. The topological polar surface area (TPSA) is 68.9 Å². The van der Waals surface area contributed by atoms with Crippen molar-refractivity contribution in [1.29, 1.82) is 0 Å². The van der Waals surface area contributed by atoms with Crippen LogP contribution in [0.2, 0.25) is 5.02 Å². The van der Waals surface area contributed by atoms with Gasteiger partial charge in [0.25, 0.3) is 0 Å². The second kappa shape index (κ2) is 4.49. The van der Waals surface area contributed by atoms with Crippen molar-refractivity contribution in [1.82, 2.24) is 15.1 Å². The number of rotatable bonds is 2. The van der Waals surface area contributed by atoms with Crippen molar-refractivity contribution in [3.05, 3.63) is 29.2 Å². The van der Waals surface area contributed by atoms with E-state index in [-0.39, 0.29) is 11.7 Å². The van der Waals surface area contributed by atoms with Crippen LogP contribution in [0.1, 0.15) is 31.1 Å². The highest BCUT2D eigenvalue weighted by atomic mass is 35.5. The smallest absolute Gasteiger partial charge is 0.237 e. The van der Waals surface area contributed by atoms with E-state index in [0.717, 1.165) is 12.8 Å². The van der Waals surface area contributed by atoms with Gasteiger partial charge in [0.1, 0.15) is 11.5 Å². The number of hydrogen-bond donors (Lipinski definition) is 0. The maximum absolute atomic E-state index is 11.6. The molecule has 0 aliphatic heterocycles. The van der Waals surface area contributed by atoms with Gasteiger partial charge >= 0.3 is 0 Å². The van der Waals surface area contributed by atoms with Crippen LogP contribution in [0.15, 0.2) is 22.9 Å². The zero-order chi connectivity index (χ0) is 12.5. The van der Waals surface area contributed by atoms with Crippen molar-refractivity contribution >= 4 is 17.4 Å². The van der Waals surface area contributed by atoms with Gasteiger partial charge in [-0.1, -0.05) is 16.8 Å². The van der Waals surface area contributed by atoms with Crippen molar-refractivity contribution in [2.24, 2.45) is 0 Å². The first-order chi connectivity index (χ1) is 8.74. The Balaban J connectivity index is 1.89. The third-order valence-corrected chi connectivity index (χ3v) is 3.22. The summed E-state index contributed by atoms with van der Waals surface area (Å²) in [6, 6.07) is 3.42. The highest BCUT2D eigenvalue weighted by Gasteiger charge is 2.31. The molecule has 0 saturated heterocycles. The van der Waals surface area contributed by atoms with Crippen LogP contribution in [0.3, 0.4) is 0 Å². The van der Waals surface area contributed by atoms with Gasteiger partial charge in [0.05, 0.1) is 10.9 Å². The number of hydrogen-bond acceptors (Lipinski definition) is 5. The van der Waals surface area contributed by atoms with E-state index in [9.17, 15) is 4.79 Å². The van der Waals surface area contributed by atoms with Gasteiger partial charge in [-0.15, -0.1) is 0 Å². The maximum atomic E-state index is 11.6. The standard InChI is InChI=1S/C12H10ClN3O2/c13-7-4-5-9(14-6-7)11-15-12(18-16-11)8-2-1-3-10(8)17/h4-6,8H,1-3H2. The molecule has 1 aliphatic carbocycles. The number of nitrogens with zero attached hydrogens (tertiary/aromatic N) is 3. The van der Waals surface area contributed by atoms with E-state index < -0.39 is 0 Å². The van der Waals surface area contributed by atoms with Crippen LogP contribution in [0.25, 0.3) is 11.5 Å². The molecule has 3 rings (SSSR count). The predicted octanol–water partition coefficient (Wildman–Crippen LogP) is 2.62. The molecule has 1 atom stereocenters. The molecule has 2 aromatic heterocycles. The van der Waals surface area contributed by atoms with Crippen LogP contribution < -0.4 is 0 Å². The largest absolute Gasteiger partial charge is 0.338 e. The molecule has 0 N–H and O–H groups in total. The Labute approximate surface area is 108 Å². The molecule has 1 saturated carbocycles. The first kappa shape index (κ1) is 11.3. The van der Waals surface area contributed by atoms with E-state index in [1.165, 1.54) is 6.20 Å². The van der Waals surface area contributed by atoms with Gasteiger partial charge < -0.3 is 4.52 Å². The van der Waals surface area contributed by atoms with Crippen molar-refractivity contribution < 1.29 is 9.32 Å². The van der Waals surface area contributed by atoms with E-state index in [1.807, 2.05) is 0 Å². The maximum Gasteiger partial charge on any atom is 0.237 e. The van der Waals surface area contributed by atoms with Gasteiger partial charge in [0.2, 0.25) is 11.7 Å². The van der Waals surface area contributed by atoms with E-state index in [4.69, 9.17) is 16.1 Å². The molecule has 1 fully saturated rings. The third kappa shape index (κ3) is 2.01. The molecule has 5 nitrogen and oxygen atoms in total. The fourth-order valence-electron chi connectivity index (χ4n) is 2.07. The molecule has 0 radical (unpaired) electrons. The molecule has 0 spiro atoms. The first-order valence-electron chi connectivity index (χ1n) is 5.72. The summed E-state index contributed by atoms with van der Waals surface area (Å²) in [4.78, 5) is 19.9. The molecule has 18 heavy (non-hydrogen) atoms. The van der Waals surface area contributed by atoms with Gasteiger partial charge in [-0.05, 0) is 25.0 Å². The molecule has 2 heterocycles. The fraction of sp³-hybridized carbons (Fsp3) is 0.333. The van der Waals surface area contributed by atoms with Gasteiger partial charge in [0.15, 0.2) is 0 Å². The highest BCUT2D eigenvalue weighted by molar-refractivity contribution is 6.30. The molecule has 1 aliphatic rings. The lowest BCUT2D eigenvalue weighted by Crippen LogP contribution is -2.04. The Morgan fingerprint density at radius 2 is 2.28 bits per heavy atom. The molecule has 92 valence electrons. The zero-order valence-corrected chi connectivity index (χ0v) is 10.2. The van der Waals surface area contributed by atoms with Crippen molar-refractivity contribution in [3.63, 3.8) is 0 Å². The summed E-state index contributed by atoms with van der Waals surface area (Å²) in [7, 11) is 0. The second-order valence-corrected chi connectivity index (χ2v) is 4.67. The third-order valence-electron chi connectivity index (χ3n) is 3.00. The minimum Gasteiger partial charge on any atom is -0.338 e. The Morgan fingerprint density at radius 3 is 2.94 bits per heavy atom. The van der Waals surface area contributed by atoms with E-state index >= 15 is 0 Å². The number of carbonyl (C=O) groups is 1. The molecule has 0 bridgehead atoms. The fourth-order valence-corrected chi connectivity index (χ4v) is 2.18. The number of Topliss-reactive ketones (excluding diaryl/α,β-unsaturated/α-hetero) is 1. The van der Waals surface area contributed by atoms with Gasteiger partial charge in [-0.2, -0.15) is 4.98 Å². The molecular weight excluding hydrogens is 254 g/mol. The summed E-state index contributed by atoms with van der Waals surface area (Å²) in [6.45, 7) is 0. The Hall–Kier alpha value is -1.75. The van der Waals surface area contributed by atoms with Crippen LogP contribution in [-0.2, 0) is 4.79 Å². The van der Waals surface area contributed by atoms with Gasteiger partial charge in [-0.3, -0.25) is 9.78 Å². The Kier molecular flexibility index (Phi) is 2.83. The number of halogens is 1. The number of pyridine rings is 1. The summed E-state index contributed by atoms with van der Waals surface area (Å²) < 4.78 is 5.15. The summed E-state index contributed by atoms with van der Waals surface area (Å²) in [6.07, 6.45) is 3.80. The molecule has 1 unspecified atom stereocenters. The number of ketones is 1. The number of aromatic nitrogens is 3. The monoisotopic (exact) mass is 263 g/mol. The minimum absolute atomic E-state index is 0.175. The highest BCUT2D eigenvalue weighted by Crippen LogP contribution is 2.30. The Morgan fingerprint density at radius 1 is 1.39 bits per heavy atom. The molecule has 0 amide bonds. The summed E-state index contributed by atoms with van der Waals surface area (Å²) >= 11 is 5.76. The first-order valence-corrected chi connectivity index (χ1v) is 6.10. The average Bonchev–Trinajstić information content (AvgIpc) is 2.98. The second-order valence-electron chi connectivity index (χ2n) is 4.23. The number of carbonyl (C=O) groups excluding carboxylic acids is 1. The van der Waals surface area contributed by atoms with Crippen molar-refractivity contribution in [2.45, 2.75) is 25.2 Å². The quantitative estimate of drug-likeness (QED) is 0.833. The SMILES string of the molecule is O=C1CCCC1c1nc(-c2ccc(Cl)cn2)no1. The normalized spacial score (nSPS) is 19.4. The van der Waals surface area contributed by atoms with Crippen LogP contribution in [0.4, 0.5) is 0 Å². The lowest BCUT2D eigenvalue weighted by molar-refractivity contribution is -0.119. The average molecular weight is 264 g/mol. The van der Waals surface area contributed by atoms with Crippen LogP contribution in [0.5, 0.6) is 0 Å². The molecule has 2 aromatic rings. The summed E-state index contributed by atoms with van der Waals surface area (Å²) in [5, 5.41) is 4.40. The molecular formula is C12H10ClN3O2. The van der Waals surface area contributed by atoms with Gasteiger partial charge in [-0.25, -0.2) is 0 Å². The van der Waals surface area contributed by atoms with Gasteiger partial charge in [0, 0.05) is 12.6 Å². The van der Waals surface area contributed by atoms with Crippen LogP contribution in [-0.4, -0.2) is 20.9 Å². The van der Waals surface area contributed by atoms with E-state index in [2.05, 4.69) is 15.1 Å². The Bertz CT molecular complexity index is 579. The van der Waals surface area contributed by atoms with Crippen molar-refractivity contribution in [2.75, 3.05) is 0 Å².